The fourth-order valence-electron chi connectivity index (χ4n) is 2.02. The monoisotopic (exact) mass is 303 g/mol. The molecule has 0 saturated carbocycles. The van der Waals surface area contributed by atoms with Gasteiger partial charge in [-0.25, -0.2) is 14.4 Å². The molecule has 6 heteroatoms. The standard InChI is InChI=1S/C16H22FN5/c1-4-19-16(21-12(2)3)20-10-13-5-6-15(14(17)9-13)22-8-7-18-11-22/h5-9,11-12H,4,10H2,1-3H3,(H2,19,20,21). The normalized spacial score (nSPS) is 11.8. The van der Waals surface area contributed by atoms with Crippen LogP contribution in [0.5, 0.6) is 0 Å². The van der Waals surface area contributed by atoms with Gasteiger partial charge in [-0.15, -0.1) is 0 Å². The Balaban J connectivity index is 2.11. The summed E-state index contributed by atoms with van der Waals surface area (Å²) in [7, 11) is 0. The van der Waals surface area contributed by atoms with Crippen LogP contribution < -0.4 is 10.6 Å². The zero-order valence-corrected chi connectivity index (χ0v) is 13.2. The van der Waals surface area contributed by atoms with E-state index < -0.39 is 0 Å². The lowest BCUT2D eigenvalue weighted by Gasteiger charge is -2.14. The summed E-state index contributed by atoms with van der Waals surface area (Å²) < 4.78 is 15.8. The molecule has 0 aliphatic heterocycles. The van der Waals surface area contributed by atoms with E-state index in [-0.39, 0.29) is 11.9 Å². The van der Waals surface area contributed by atoms with E-state index in [9.17, 15) is 4.39 Å². The molecule has 0 aliphatic rings. The van der Waals surface area contributed by atoms with E-state index in [2.05, 4.69) is 20.6 Å². The molecule has 0 spiro atoms. The SMILES string of the molecule is CCNC(=NCc1ccc(-n2ccnc2)c(F)c1)NC(C)C. The van der Waals surface area contributed by atoms with Crippen LogP contribution in [0.25, 0.3) is 5.69 Å². The molecule has 0 fully saturated rings. The van der Waals surface area contributed by atoms with Gasteiger partial charge in [0.25, 0.3) is 0 Å². The number of nitrogens with zero attached hydrogens (tertiary/aromatic N) is 3. The van der Waals surface area contributed by atoms with E-state index >= 15 is 0 Å². The highest BCUT2D eigenvalue weighted by atomic mass is 19.1. The third kappa shape index (κ3) is 4.31. The number of benzene rings is 1. The van der Waals surface area contributed by atoms with Crippen LogP contribution in [0.3, 0.4) is 0 Å². The second kappa shape index (κ2) is 7.59. The van der Waals surface area contributed by atoms with Gasteiger partial charge in [0.1, 0.15) is 5.82 Å². The number of aliphatic imine (C=N–C) groups is 1. The molecule has 118 valence electrons. The van der Waals surface area contributed by atoms with Crippen LogP contribution in [-0.4, -0.2) is 28.1 Å². The first-order chi connectivity index (χ1) is 10.6. The van der Waals surface area contributed by atoms with E-state index in [1.54, 1.807) is 29.4 Å². The molecule has 2 rings (SSSR count). The van der Waals surface area contributed by atoms with E-state index in [4.69, 9.17) is 0 Å². The van der Waals surface area contributed by atoms with Crippen molar-refractivity contribution in [2.24, 2.45) is 4.99 Å². The highest BCUT2D eigenvalue weighted by molar-refractivity contribution is 5.79. The largest absolute Gasteiger partial charge is 0.357 e. The Morgan fingerprint density at radius 3 is 2.82 bits per heavy atom. The fourth-order valence-corrected chi connectivity index (χ4v) is 2.02. The van der Waals surface area contributed by atoms with Gasteiger partial charge in [0.05, 0.1) is 18.6 Å². The second-order valence-electron chi connectivity index (χ2n) is 5.25. The van der Waals surface area contributed by atoms with E-state index in [1.807, 2.05) is 26.8 Å². The minimum Gasteiger partial charge on any atom is -0.357 e. The van der Waals surface area contributed by atoms with Crippen LogP contribution in [0.2, 0.25) is 0 Å². The van der Waals surface area contributed by atoms with Gasteiger partial charge in [-0.2, -0.15) is 0 Å². The predicted octanol–water partition coefficient (Wildman–Crippen LogP) is 2.47. The zero-order chi connectivity index (χ0) is 15.9. The number of hydrogen-bond acceptors (Lipinski definition) is 2. The molecule has 0 bridgehead atoms. The number of imidazole rings is 1. The number of nitrogens with one attached hydrogen (secondary N) is 2. The fraction of sp³-hybridized carbons (Fsp3) is 0.375. The minimum atomic E-state index is -0.285. The van der Waals surface area contributed by atoms with Gasteiger partial charge in [0.15, 0.2) is 5.96 Å². The van der Waals surface area contributed by atoms with Crippen molar-refractivity contribution >= 4 is 5.96 Å². The van der Waals surface area contributed by atoms with Crippen LogP contribution in [-0.2, 0) is 6.54 Å². The average molecular weight is 303 g/mol. The first-order valence-corrected chi connectivity index (χ1v) is 7.41. The Bertz CT molecular complexity index is 619. The van der Waals surface area contributed by atoms with Crippen LogP contribution in [0.1, 0.15) is 26.3 Å². The van der Waals surface area contributed by atoms with E-state index in [1.165, 1.54) is 6.07 Å². The summed E-state index contributed by atoms with van der Waals surface area (Å²) in [5.41, 5.74) is 1.31. The lowest BCUT2D eigenvalue weighted by molar-refractivity contribution is 0.615. The van der Waals surface area contributed by atoms with Gasteiger partial charge >= 0.3 is 0 Å². The Morgan fingerprint density at radius 2 is 2.23 bits per heavy atom. The van der Waals surface area contributed by atoms with E-state index in [0.29, 0.717) is 12.2 Å². The summed E-state index contributed by atoms with van der Waals surface area (Å²) in [6.07, 6.45) is 4.91. The first-order valence-electron chi connectivity index (χ1n) is 7.41. The third-order valence-electron chi connectivity index (χ3n) is 2.98. The number of halogens is 1. The molecule has 0 radical (unpaired) electrons. The predicted molar refractivity (Wildman–Crippen MR) is 86.6 cm³/mol. The van der Waals surface area contributed by atoms with Crippen molar-refractivity contribution < 1.29 is 4.39 Å². The van der Waals surface area contributed by atoms with Gasteiger partial charge < -0.3 is 15.2 Å². The molecule has 1 heterocycles. The first kappa shape index (κ1) is 16.0. The quantitative estimate of drug-likeness (QED) is 0.659. The molecule has 2 N–H and O–H groups in total. The van der Waals surface area contributed by atoms with Crippen LogP contribution in [0, 0.1) is 5.82 Å². The van der Waals surface area contributed by atoms with Gasteiger partial charge in [0.2, 0.25) is 0 Å². The summed E-state index contributed by atoms with van der Waals surface area (Å²) >= 11 is 0. The van der Waals surface area contributed by atoms with Crippen molar-refractivity contribution in [3.8, 4) is 5.69 Å². The number of hydrogen-bond donors (Lipinski definition) is 2. The van der Waals surface area contributed by atoms with Gasteiger partial charge in [-0.1, -0.05) is 6.07 Å². The second-order valence-corrected chi connectivity index (χ2v) is 5.25. The van der Waals surface area contributed by atoms with Gasteiger partial charge in [-0.3, -0.25) is 0 Å². The maximum Gasteiger partial charge on any atom is 0.191 e. The Morgan fingerprint density at radius 1 is 1.41 bits per heavy atom. The average Bonchev–Trinajstić information content (AvgIpc) is 2.98. The molecule has 22 heavy (non-hydrogen) atoms. The van der Waals surface area contributed by atoms with Crippen molar-refractivity contribution in [2.75, 3.05) is 6.54 Å². The molecule has 0 atom stereocenters. The molecule has 0 aliphatic carbocycles. The number of rotatable bonds is 5. The third-order valence-corrected chi connectivity index (χ3v) is 2.98. The summed E-state index contributed by atoms with van der Waals surface area (Å²) in [4.78, 5) is 8.39. The van der Waals surface area contributed by atoms with Gasteiger partial charge in [-0.05, 0) is 38.5 Å². The van der Waals surface area contributed by atoms with Crippen molar-refractivity contribution in [3.05, 3.63) is 48.3 Å². The van der Waals surface area contributed by atoms with Gasteiger partial charge in [0, 0.05) is 25.0 Å². The topological polar surface area (TPSA) is 54.2 Å². The van der Waals surface area contributed by atoms with Crippen LogP contribution >= 0.6 is 0 Å². The van der Waals surface area contributed by atoms with Crippen molar-refractivity contribution in [2.45, 2.75) is 33.4 Å². The lowest BCUT2D eigenvalue weighted by Crippen LogP contribution is -2.41. The summed E-state index contributed by atoms with van der Waals surface area (Å²) in [6, 6.07) is 5.42. The van der Waals surface area contributed by atoms with Crippen molar-refractivity contribution in [3.63, 3.8) is 0 Å². The summed E-state index contributed by atoms with van der Waals surface area (Å²) in [6.45, 7) is 7.31. The molecule has 5 nitrogen and oxygen atoms in total. The smallest absolute Gasteiger partial charge is 0.191 e. The molecule has 0 amide bonds. The molecule has 2 aromatic rings. The Labute approximate surface area is 130 Å². The van der Waals surface area contributed by atoms with Crippen LogP contribution in [0.4, 0.5) is 4.39 Å². The summed E-state index contributed by atoms with van der Waals surface area (Å²) in [5, 5.41) is 6.40. The van der Waals surface area contributed by atoms with Crippen molar-refractivity contribution in [1.82, 2.24) is 20.2 Å². The molecule has 1 aromatic heterocycles. The molecule has 1 aromatic carbocycles. The number of aromatic nitrogens is 2. The molecule has 0 saturated heterocycles. The maximum atomic E-state index is 14.2. The zero-order valence-electron chi connectivity index (χ0n) is 13.2. The highest BCUT2D eigenvalue weighted by Crippen LogP contribution is 2.15. The van der Waals surface area contributed by atoms with E-state index in [0.717, 1.165) is 18.1 Å². The maximum absolute atomic E-state index is 14.2. The molecule has 0 unspecified atom stereocenters. The molecular formula is C16H22FN5. The Hall–Kier alpha value is -2.37. The lowest BCUT2D eigenvalue weighted by atomic mass is 10.2. The Kier molecular flexibility index (Phi) is 5.52. The molecular weight excluding hydrogens is 281 g/mol. The summed E-state index contributed by atoms with van der Waals surface area (Å²) in [5.74, 6) is 0.448. The minimum absolute atomic E-state index is 0.285. The number of guanidine groups is 1. The highest BCUT2D eigenvalue weighted by Gasteiger charge is 2.06. The van der Waals surface area contributed by atoms with Crippen molar-refractivity contribution in [1.29, 1.82) is 0 Å². The van der Waals surface area contributed by atoms with Crippen LogP contribution in [0.15, 0.2) is 41.9 Å².